The summed E-state index contributed by atoms with van der Waals surface area (Å²) in [6, 6.07) is 1.84. The molecule has 2 N–H and O–H groups in total. The van der Waals surface area contributed by atoms with Crippen LogP contribution in [0.4, 0.5) is 16.2 Å². The first-order valence-corrected chi connectivity index (χ1v) is 5.73. The van der Waals surface area contributed by atoms with Crippen LogP contribution in [0.15, 0.2) is 12.3 Å². The van der Waals surface area contributed by atoms with E-state index in [2.05, 4.69) is 9.97 Å². The molecular formula is C11H18FN5. The normalized spacial score (nSPS) is 24.1. The highest BCUT2D eigenvalue weighted by atomic mass is 19.1. The molecule has 0 radical (unpaired) electrons. The Bertz CT molecular complexity index is 384. The molecule has 2 heterocycles. The van der Waals surface area contributed by atoms with E-state index >= 15 is 0 Å². The number of halogens is 1. The first-order chi connectivity index (χ1) is 8.11. The molecule has 1 aliphatic rings. The van der Waals surface area contributed by atoms with E-state index in [0.29, 0.717) is 25.5 Å². The smallest absolute Gasteiger partial charge is 0.226 e. The summed E-state index contributed by atoms with van der Waals surface area (Å²) in [5.41, 5.74) is 5.66. The van der Waals surface area contributed by atoms with E-state index in [-0.39, 0.29) is 6.04 Å². The highest BCUT2D eigenvalue weighted by molar-refractivity contribution is 5.45. The third-order valence-electron chi connectivity index (χ3n) is 2.96. The molecule has 2 atom stereocenters. The van der Waals surface area contributed by atoms with Gasteiger partial charge in [-0.2, -0.15) is 4.98 Å². The van der Waals surface area contributed by atoms with Gasteiger partial charge in [-0.15, -0.1) is 0 Å². The van der Waals surface area contributed by atoms with E-state index < -0.39 is 6.17 Å². The minimum atomic E-state index is -0.818. The molecule has 1 fully saturated rings. The van der Waals surface area contributed by atoms with E-state index in [4.69, 9.17) is 5.73 Å². The molecule has 0 unspecified atom stereocenters. The fraction of sp³-hybridized carbons (Fsp3) is 0.636. The molecular weight excluding hydrogens is 221 g/mol. The molecule has 1 aromatic heterocycles. The van der Waals surface area contributed by atoms with Crippen molar-refractivity contribution >= 4 is 11.8 Å². The maximum absolute atomic E-state index is 13.4. The van der Waals surface area contributed by atoms with Gasteiger partial charge in [0.15, 0.2) is 0 Å². The molecule has 1 saturated heterocycles. The minimum Gasteiger partial charge on any atom is -0.349 e. The van der Waals surface area contributed by atoms with Gasteiger partial charge in [-0.05, 0) is 6.07 Å². The van der Waals surface area contributed by atoms with E-state index in [1.54, 1.807) is 12.3 Å². The van der Waals surface area contributed by atoms with Crippen LogP contribution >= 0.6 is 0 Å². The number of nitrogens with zero attached hydrogens (tertiary/aromatic N) is 4. The van der Waals surface area contributed by atoms with Crippen molar-refractivity contribution in [1.82, 2.24) is 9.97 Å². The third-order valence-corrected chi connectivity index (χ3v) is 2.96. The van der Waals surface area contributed by atoms with Gasteiger partial charge in [-0.3, -0.25) is 0 Å². The van der Waals surface area contributed by atoms with Gasteiger partial charge in [0.2, 0.25) is 5.95 Å². The molecule has 5 nitrogen and oxygen atoms in total. The summed E-state index contributed by atoms with van der Waals surface area (Å²) < 4.78 is 13.4. The average molecular weight is 239 g/mol. The van der Waals surface area contributed by atoms with Crippen LogP contribution in [0, 0.1) is 0 Å². The number of hydrogen-bond acceptors (Lipinski definition) is 5. The number of alkyl halides is 1. The Labute approximate surface area is 100 Å². The predicted molar refractivity (Wildman–Crippen MR) is 66.1 cm³/mol. The molecule has 17 heavy (non-hydrogen) atoms. The first-order valence-electron chi connectivity index (χ1n) is 5.73. The lowest BCUT2D eigenvalue weighted by Gasteiger charge is -2.24. The SMILES string of the molecule is CN(C)c1nccc(N2C[C@@H](F)C[C@H]2CN)n1. The molecule has 1 aliphatic heterocycles. The molecule has 0 aliphatic carbocycles. The monoisotopic (exact) mass is 239 g/mol. The lowest BCUT2D eigenvalue weighted by molar-refractivity contribution is 0.356. The van der Waals surface area contributed by atoms with E-state index in [9.17, 15) is 4.39 Å². The Balaban J connectivity index is 2.24. The van der Waals surface area contributed by atoms with Crippen LogP contribution in [0.3, 0.4) is 0 Å². The lowest BCUT2D eigenvalue weighted by Crippen LogP contribution is -2.36. The zero-order valence-corrected chi connectivity index (χ0v) is 10.2. The largest absolute Gasteiger partial charge is 0.349 e. The van der Waals surface area contributed by atoms with Gasteiger partial charge in [-0.25, -0.2) is 9.37 Å². The van der Waals surface area contributed by atoms with Gasteiger partial charge in [0.25, 0.3) is 0 Å². The number of hydrogen-bond donors (Lipinski definition) is 1. The molecule has 94 valence electrons. The van der Waals surface area contributed by atoms with Crippen LogP contribution < -0.4 is 15.5 Å². The zero-order chi connectivity index (χ0) is 12.4. The molecule has 0 aromatic carbocycles. The molecule has 0 bridgehead atoms. The fourth-order valence-corrected chi connectivity index (χ4v) is 2.08. The summed E-state index contributed by atoms with van der Waals surface area (Å²) in [7, 11) is 3.75. The maximum atomic E-state index is 13.4. The second kappa shape index (κ2) is 4.83. The van der Waals surface area contributed by atoms with Crippen LogP contribution in [0.2, 0.25) is 0 Å². The first kappa shape index (κ1) is 12.0. The van der Waals surface area contributed by atoms with Crippen molar-refractivity contribution in [3.8, 4) is 0 Å². The summed E-state index contributed by atoms with van der Waals surface area (Å²) in [4.78, 5) is 12.3. The number of aromatic nitrogens is 2. The van der Waals surface area contributed by atoms with Crippen molar-refractivity contribution in [3.63, 3.8) is 0 Å². The second-order valence-electron chi connectivity index (χ2n) is 4.48. The number of nitrogens with two attached hydrogens (primary N) is 1. The standard InChI is InChI=1S/C11H18FN5/c1-16(2)11-14-4-3-10(15-11)17-7-8(12)5-9(17)6-13/h3-4,8-9H,5-7,13H2,1-2H3/t8-,9-/m0/s1. The van der Waals surface area contributed by atoms with Crippen LogP contribution in [-0.2, 0) is 0 Å². The number of anilines is 2. The number of rotatable bonds is 3. The van der Waals surface area contributed by atoms with Crippen molar-refractivity contribution < 1.29 is 4.39 Å². The van der Waals surface area contributed by atoms with Gasteiger partial charge in [0.05, 0.1) is 6.54 Å². The zero-order valence-electron chi connectivity index (χ0n) is 10.2. The van der Waals surface area contributed by atoms with Gasteiger partial charge in [-0.1, -0.05) is 0 Å². The average Bonchev–Trinajstić information content (AvgIpc) is 2.70. The Hall–Kier alpha value is -1.43. The molecule has 1 aromatic rings. The highest BCUT2D eigenvalue weighted by Gasteiger charge is 2.32. The van der Waals surface area contributed by atoms with Gasteiger partial charge in [0, 0.05) is 39.3 Å². The van der Waals surface area contributed by atoms with E-state index in [1.807, 2.05) is 23.9 Å². The van der Waals surface area contributed by atoms with Crippen LogP contribution in [0.5, 0.6) is 0 Å². The molecule has 6 heteroatoms. The Morgan fingerprint density at radius 3 is 3.00 bits per heavy atom. The van der Waals surface area contributed by atoms with E-state index in [0.717, 1.165) is 5.82 Å². The van der Waals surface area contributed by atoms with Gasteiger partial charge < -0.3 is 15.5 Å². The summed E-state index contributed by atoms with van der Waals surface area (Å²) in [5.74, 6) is 1.37. The maximum Gasteiger partial charge on any atom is 0.226 e. The lowest BCUT2D eigenvalue weighted by atomic mass is 10.2. The summed E-state index contributed by atoms with van der Waals surface area (Å²) in [5, 5.41) is 0. The van der Waals surface area contributed by atoms with Crippen molar-refractivity contribution in [1.29, 1.82) is 0 Å². The van der Waals surface area contributed by atoms with Crippen LogP contribution in [0.25, 0.3) is 0 Å². The predicted octanol–water partition coefficient (Wildman–Crippen LogP) is 0.418. The summed E-state index contributed by atoms with van der Waals surface area (Å²) >= 11 is 0. The van der Waals surface area contributed by atoms with Crippen molar-refractivity contribution in [2.75, 3.05) is 37.0 Å². The molecule has 2 rings (SSSR count). The third kappa shape index (κ3) is 2.46. The quantitative estimate of drug-likeness (QED) is 0.828. The van der Waals surface area contributed by atoms with Gasteiger partial charge in [0.1, 0.15) is 12.0 Å². The van der Waals surface area contributed by atoms with Crippen LogP contribution in [-0.4, -0.2) is 49.4 Å². The molecule has 0 amide bonds. The Kier molecular flexibility index (Phi) is 3.42. The van der Waals surface area contributed by atoms with E-state index in [1.165, 1.54) is 0 Å². The van der Waals surface area contributed by atoms with Crippen molar-refractivity contribution in [2.45, 2.75) is 18.6 Å². The highest BCUT2D eigenvalue weighted by Crippen LogP contribution is 2.25. The summed E-state index contributed by atoms with van der Waals surface area (Å²) in [6.07, 6.45) is 1.36. The topological polar surface area (TPSA) is 58.3 Å². The minimum absolute atomic E-state index is 0.0370. The van der Waals surface area contributed by atoms with Crippen molar-refractivity contribution in [3.05, 3.63) is 12.3 Å². The Morgan fingerprint density at radius 2 is 2.35 bits per heavy atom. The van der Waals surface area contributed by atoms with Crippen molar-refractivity contribution in [2.24, 2.45) is 5.73 Å². The van der Waals surface area contributed by atoms with Crippen LogP contribution in [0.1, 0.15) is 6.42 Å². The second-order valence-corrected chi connectivity index (χ2v) is 4.48. The molecule has 0 saturated carbocycles. The Morgan fingerprint density at radius 1 is 1.59 bits per heavy atom. The fourth-order valence-electron chi connectivity index (χ4n) is 2.08. The summed E-state index contributed by atoms with van der Waals surface area (Å²) in [6.45, 7) is 0.813. The van der Waals surface area contributed by atoms with Gasteiger partial charge >= 0.3 is 0 Å². The molecule has 0 spiro atoms.